The van der Waals surface area contributed by atoms with E-state index in [0.717, 1.165) is 0 Å². The maximum absolute atomic E-state index is 14.0. The highest BCUT2D eigenvalue weighted by molar-refractivity contribution is 6.01. The fourth-order valence-corrected chi connectivity index (χ4v) is 4.92. The average molecular weight is 649 g/mol. The lowest BCUT2D eigenvalue weighted by Gasteiger charge is -2.27. The van der Waals surface area contributed by atoms with Gasteiger partial charge in [-0.2, -0.15) is 0 Å². The zero-order valence-electron chi connectivity index (χ0n) is 27.0. The Bertz CT molecular complexity index is 1550. The third kappa shape index (κ3) is 10.2. The maximum atomic E-state index is 14.0. The number of carbonyl (C=O) groups excluding carboxylic acids is 4. The number of rotatable bonds is 9. The van der Waals surface area contributed by atoms with Gasteiger partial charge in [-0.15, -0.1) is 0 Å². The first-order valence-corrected chi connectivity index (χ1v) is 15.5. The molecule has 47 heavy (non-hydrogen) atoms. The molecule has 1 aliphatic heterocycles. The molecular formula is C35H41FN4O7. The van der Waals surface area contributed by atoms with E-state index in [-0.39, 0.29) is 54.4 Å². The zero-order chi connectivity index (χ0) is 33.9. The van der Waals surface area contributed by atoms with E-state index in [1.807, 2.05) is 19.9 Å². The molecule has 0 saturated heterocycles. The van der Waals surface area contributed by atoms with Gasteiger partial charge >= 0.3 is 0 Å². The van der Waals surface area contributed by atoms with Gasteiger partial charge in [-0.05, 0) is 55.7 Å². The molecular weight excluding hydrogens is 607 g/mol. The Morgan fingerprint density at radius 2 is 1.72 bits per heavy atom. The molecule has 1 heterocycles. The molecule has 0 unspecified atom stereocenters. The highest BCUT2D eigenvalue weighted by Gasteiger charge is 2.31. The fourth-order valence-electron chi connectivity index (χ4n) is 4.92. The van der Waals surface area contributed by atoms with Crippen molar-refractivity contribution in [3.8, 4) is 23.0 Å². The average Bonchev–Trinajstić information content (AvgIpc) is 3.03. The van der Waals surface area contributed by atoms with E-state index in [1.165, 1.54) is 23.1 Å². The Labute approximate surface area is 273 Å². The van der Waals surface area contributed by atoms with E-state index in [4.69, 9.17) is 14.2 Å². The molecule has 1 aliphatic rings. The van der Waals surface area contributed by atoms with Gasteiger partial charge in [-0.25, -0.2) is 4.39 Å². The third-order valence-corrected chi connectivity index (χ3v) is 7.30. The molecule has 4 rings (SSSR count). The normalized spacial score (nSPS) is 18.2. The molecule has 250 valence electrons. The molecule has 3 aromatic carbocycles. The van der Waals surface area contributed by atoms with Crippen LogP contribution in [0.3, 0.4) is 0 Å². The number of amides is 4. The van der Waals surface area contributed by atoms with Gasteiger partial charge in [-0.3, -0.25) is 19.2 Å². The molecule has 0 aromatic heterocycles. The molecule has 3 atom stereocenters. The number of ether oxygens (including phenoxy) is 3. The monoisotopic (exact) mass is 648 g/mol. The topological polar surface area (TPSA) is 135 Å². The van der Waals surface area contributed by atoms with Crippen LogP contribution in [0.1, 0.15) is 44.0 Å². The van der Waals surface area contributed by atoms with Gasteiger partial charge in [0.25, 0.3) is 5.91 Å². The van der Waals surface area contributed by atoms with Crippen LogP contribution in [-0.2, 0) is 14.4 Å². The minimum Gasteiger partial charge on any atom is -0.491 e. The molecule has 11 nitrogen and oxygen atoms in total. The van der Waals surface area contributed by atoms with Gasteiger partial charge in [0, 0.05) is 13.1 Å². The Morgan fingerprint density at radius 3 is 2.47 bits per heavy atom. The number of carbonyl (C=O) groups is 4. The van der Waals surface area contributed by atoms with Crippen molar-refractivity contribution in [2.24, 2.45) is 5.92 Å². The summed E-state index contributed by atoms with van der Waals surface area (Å²) in [5, 5.41) is 8.20. The van der Waals surface area contributed by atoms with Crippen LogP contribution < -0.4 is 30.2 Å². The smallest absolute Gasteiger partial charge is 0.255 e. The van der Waals surface area contributed by atoms with E-state index in [1.54, 1.807) is 62.5 Å². The lowest BCUT2D eigenvalue weighted by atomic mass is 10.0. The summed E-state index contributed by atoms with van der Waals surface area (Å²) in [6.07, 6.45) is -0.0393. The van der Waals surface area contributed by atoms with Gasteiger partial charge in [0.05, 0.1) is 24.6 Å². The lowest BCUT2D eigenvalue weighted by molar-refractivity contribution is -0.136. The van der Waals surface area contributed by atoms with E-state index in [0.29, 0.717) is 12.2 Å². The second-order valence-corrected chi connectivity index (χ2v) is 11.8. The van der Waals surface area contributed by atoms with Crippen molar-refractivity contribution >= 4 is 23.6 Å². The summed E-state index contributed by atoms with van der Waals surface area (Å²) in [5.74, 6) is -1.34. The van der Waals surface area contributed by atoms with E-state index in [2.05, 4.69) is 16.0 Å². The first kappa shape index (κ1) is 34.7. The van der Waals surface area contributed by atoms with Crippen LogP contribution in [0.5, 0.6) is 23.0 Å². The van der Waals surface area contributed by atoms with Gasteiger partial charge < -0.3 is 35.1 Å². The molecule has 0 radical (unpaired) electrons. The summed E-state index contributed by atoms with van der Waals surface area (Å²) in [7, 11) is 1.62. The van der Waals surface area contributed by atoms with Crippen molar-refractivity contribution in [2.45, 2.75) is 51.7 Å². The van der Waals surface area contributed by atoms with Gasteiger partial charge in [-0.1, -0.05) is 44.2 Å². The number of benzene rings is 3. The SMILES string of the molecule is CC(C)C[C@H]1NC(=O)C[C@@H](C(=O)N[C@H](C)COc2ccc(F)cc2Oc2ccccc2)NC(=O)c2ccccc2OCCN(C)C1=O. The predicted molar refractivity (Wildman–Crippen MR) is 173 cm³/mol. The summed E-state index contributed by atoms with van der Waals surface area (Å²) in [6.45, 7) is 5.87. The minimum absolute atomic E-state index is 0.0383. The Kier molecular flexibility index (Phi) is 12.1. The molecule has 0 aliphatic carbocycles. The molecule has 4 amide bonds. The standard InChI is InChI=1S/C35H41FN4O7/c1-22(2)18-28-35(44)40(4)16-17-45-29-13-9-8-12-26(29)33(42)39-27(20-32(41)38-28)34(43)37-23(3)21-46-30-15-14-24(36)19-31(30)47-25-10-6-5-7-11-25/h5-15,19,22-23,27-28H,16-18,20-21H2,1-4H3,(H,37,43)(H,38,41)(H,39,42)/t23-,27+,28-/m1/s1. The van der Waals surface area contributed by atoms with Gasteiger partial charge in [0.15, 0.2) is 11.5 Å². The maximum Gasteiger partial charge on any atom is 0.255 e. The highest BCUT2D eigenvalue weighted by Crippen LogP contribution is 2.32. The molecule has 0 spiro atoms. The number of hydrogen-bond acceptors (Lipinski definition) is 7. The summed E-state index contributed by atoms with van der Waals surface area (Å²) in [6, 6.07) is 16.5. The van der Waals surface area contributed by atoms with Crippen LogP contribution in [-0.4, -0.2) is 73.5 Å². The number of nitrogens with zero attached hydrogens (tertiary/aromatic N) is 1. The number of nitrogens with one attached hydrogen (secondary N) is 3. The lowest BCUT2D eigenvalue weighted by Crippen LogP contribution is -2.54. The van der Waals surface area contributed by atoms with Crippen molar-refractivity contribution < 1.29 is 37.8 Å². The van der Waals surface area contributed by atoms with Crippen LogP contribution >= 0.6 is 0 Å². The second kappa shape index (κ2) is 16.4. The molecule has 0 bridgehead atoms. The number of halogens is 1. The summed E-state index contributed by atoms with van der Waals surface area (Å²) >= 11 is 0. The zero-order valence-corrected chi connectivity index (χ0v) is 27.0. The van der Waals surface area contributed by atoms with Gasteiger partial charge in [0.2, 0.25) is 17.7 Å². The van der Waals surface area contributed by atoms with Crippen LogP contribution in [0, 0.1) is 11.7 Å². The molecule has 0 saturated carbocycles. The van der Waals surface area contributed by atoms with Crippen molar-refractivity contribution in [3.05, 3.63) is 84.2 Å². The largest absolute Gasteiger partial charge is 0.491 e. The van der Waals surface area contributed by atoms with Crippen molar-refractivity contribution in [3.63, 3.8) is 0 Å². The second-order valence-electron chi connectivity index (χ2n) is 11.8. The molecule has 3 N–H and O–H groups in total. The molecule has 3 aromatic rings. The number of likely N-dealkylation sites (N-methyl/N-ethyl adjacent to an activating group) is 1. The third-order valence-electron chi connectivity index (χ3n) is 7.30. The fraction of sp³-hybridized carbons (Fsp3) is 0.371. The van der Waals surface area contributed by atoms with Crippen molar-refractivity contribution in [2.75, 3.05) is 26.8 Å². The summed E-state index contributed by atoms with van der Waals surface area (Å²) in [5.41, 5.74) is 0.174. The Balaban J connectivity index is 1.50. The Morgan fingerprint density at radius 1 is 1.00 bits per heavy atom. The molecule has 12 heteroatoms. The van der Waals surface area contributed by atoms with E-state index >= 15 is 0 Å². The highest BCUT2D eigenvalue weighted by atomic mass is 19.1. The van der Waals surface area contributed by atoms with E-state index < -0.39 is 48.1 Å². The first-order valence-electron chi connectivity index (χ1n) is 15.5. The number of hydrogen-bond donors (Lipinski definition) is 3. The Hall–Kier alpha value is -5.13. The number of para-hydroxylation sites is 2. The summed E-state index contributed by atoms with van der Waals surface area (Å²) < 4.78 is 31.6. The van der Waals surface area contributed by atoms with Crippen molar-refractivity contribution in [1.29, 1.82) is 0 Å². The van der Waals surface area contributed by atoms with Crippen LogP contribution in [0.4, 0.5) is 4.39 Å². The predicted octanol–water partition coefficient (Wildman–Crippen LogP) is 4.07. The van der Waals surface area contributed by atoms with Crippen LogP contribution in [0.25, 0.3) is 0 Å². The molecule has 0 fully saturated rings. The van der Waals surface area contributed by atoms with Crippen molar-refractivity contribution in [1.82, 2.24) is 20.9 Å². The first-order chi connectivity index (χ1) is 22.5. The number of fused-ring (bicyclic) bond motifs is 1. The minimum atomic E-state index is -1.30. The van der Waals surface area contributed by atoms with Crippen LogP contribution in [0.2, 0.25) is 0 Å². The quantitative estimate of drug-likeness (QED) is 0.318. The van der Waals surface area contributed by atoms with Gasteiger partial charge in [0.1, 0.15) is 42.6 Å². The van der Waals surface area contributed by atoms with Crippen LogP contribution in [0.15, 0.2) is 72.8 Å². The summed E-state index contributed by atoms with van der Waals surface area (Å²) in [4.78, 5) is 54.9. The van der Waals surface area contributed by atoms with E-state index in [9.17, 15) is 23.6 Å².